The molecule has 0 aliphatic carbocycles. The second-order valence-corrected chi connectivity index (χ2v) is 11.0. The van der Waals surface area contributed by atoms with Gasteiger partial charge < -0.3 is 0 Å². The van der Waals surface area contributed by atoms with Gasteiger partial charge in [-0.15, -0.1) is 11.8 Å². The minimum Gasteiger partial charge on any atom is -0.291 e. The molecule has 0 aromatic heterocycles. The number of benzene rings is 4. The molecule has 7 rings (SSSR count). The van der Waals surface area contributed by atoms with E-state index in [1.165, 1.54) is 16.7 Å². The van der Waals surface area contributed by atoms with Crippen molar-refractivity contribution in [3.05, 3.63) is 132 Å². The molecule has 3 heterocycles. The maximum atomic E-state index is 14.7. The zero-order valence-corrected chi connectivity index (χ0v) is 20.5. The van der Waals surface area contributed by atoms with E-state index in [1.807, 2.05) is 109 Å². The Morgan fingerprint density at radius 1 is 0.541 bits per heavy atom. The van der Waals surface area contributed by atoms with Crippen LogP contribution in [0.25, 0.3) is 0 Å². The highest BCUT2D eigenvalue weighted by atomic mass is 32.2. The molecule has 2 bridgehead atoms. The molecule has 6 heteroatoms. The summed E-state index contributed by atoms with van der Waals surface area (Å²) in [6, 6.07) is 37.7. The topological polar surface area (TPSA) is 57.7 Å². The summed E-state index contributed by atoms with van der Waals surface area (Å²) in [5, 5.41) is 0. The number of carbonyl (C=O) groups excluding carboxylic acids is 3. The van der Waals surface area contributed by atoms with Gasteiger partial charge in [0.05, 0.1) is 17.5 Å². The van der Waals surface area contributed by atoms with Gasteiger partial charge >= 0.3 is 0 Å². The second kappa shape index (κ2) is 7.92. The van der Waals surface area contributed by atoms with Crippen LogP contribution in [0.3, 0.4) is 0 Å². The number of rotatable bonds is 4. The summed E-state index contributed by atoms with van der Waals surface area (Å²) in [7, 11) is 0. The van der Waals surface area contributed by atoms with E-state index in [0.29, 0.717) is 11.4 Å². The first-order valence-corrected chi connectivity index (χ1v) is 13.1. The van der Waals surface area contributed by atoms with Crippen LogP contribution in [0.2, 0.25) is 0 Å². The van der Waals surface area contributed by atoms with Gasteiger partial charge in [-0.2, -0.15) is 0 Å². The van der Waals surface area contributed by atoms with Crippen LogP contribution in [-0.2, 0) is 24.0 Å². The van der Waals surface area contributed by atoms with Gasteiger partial charge in [0.25, 0.3) is 0 Å². The number of hydrogen-bond acceptors (Lipinski definition) is 4. The van der Waals surface area contributed by atoms with Crippen molar-refractivity contribution in [2.45, 2.75) is 9.62 Å². The lowest BCUT2D eigenvalue weighted by Crippen LogP contribution is -2.58. The SMILES string of the molecule is O=C1[C@@H]2[C@H](C(=O)N1c1ccccc1)[C@]1(c3ccccc3)S[C@@]2(c2ccccc2)N(c2ccccc2)C1=O. The Balaban J connectivity index is 1.55. The van der Waals surface area contributed by atoms with Crippen molar-refractivity contribution in [2.24, 2.45) is 11.8 Å². The molecule has 0 spiro atoms. The molecular formula is C31H22N2O3S. The van der Waals surface area contributed by atoms with Gasteiger partial charge in [-0.1, -0.05) is 97.1 Å². The van der Waals surface area contributed by atoms with Gasteiger partial charge in [-0.3, -0.25) is 19.3 Å². The number of para-hydroxylation sites is 2. The maximum absolute atomic E-state index is 14.7. The number of imide groups is 1. The van der Waals surface area contributed by atoms with Crippen molar-refractivity contribution < 1.29 is 14.4 Å². The molecule has 3 amide bonds. The fraction of sp³-hybridized carbons (Fsp3) is 0.129. The van der Waals surface area contributed by atoms with Crippen LogP contribution in [0.4, 0.5) is 11.4 Å². The molecule has 37 heavy (non-hydrogen) atoms. The predicted octanol–water partition coefficient (Wildman–Crippen LogP) is 5.33. The Morgan fingerprint density at radius 2 is 1.00 bits per heavy atom. The third-order valence-electron chi connectivity index (χ3n) is 7.75. The van der Waals surface area contributed by atoms with E-state index >= 15 is 0 Å². The van der Waals surface area contributed by atoms with Gasteiger partial charge in [0.2, 0.25) is 17.7 Å². The molecule has 3 saturated heterocycles. The molecule has 4 aromatic rings. The van der Waals surface area contributed by atoms with E-state index in [4.69, 9.17) is 0 Å². The van der Waals surface area contributed by atoms with E-state index in [0.717, 1.165) is 11.1 Å². The molecule has 3 aliphatic heterocycles. The average molecular weight is 503 g/mol. The number of nitrogens with zero attached hydrogens (tertiary/aromatic N) is 2. The molecule has 3 fully saturated rings. The third kappa shape index (κ3) is 2.73. The van der Waals surface area contributed by atoms with Crippen molar-refractivity contribution in [1.29, 1.82) is 0 Å². The average Bonchev–Trinajstić information content (AvgIpc) is 3.53. The van der Waals surface area contributed by atoms with E-state index < -0.39 is 21.5 Å². The highest BCUT2D eigenvalue weighted by molar-refractivity contribution is 8.03. The van der Waals surface area contributed by atoms with Crippen molar-refractivity contribution in [3.63, 3.8) is 0 Å². The first-order valence-electron chi connectivity index (χ1n) is 12.2. The first-order chi connectivity index (χ1) is 18.1. The first kappa shape index (κ1) is 22.1. The van der Waals surface area contributed by atoms with Crippen molar-refractivity contribution >= 4 is 40.9 Å². The van der Waals surface area contributed by atoms with E-state index in [2.05, 4.69) is 0 Å². The highest BCUT2D eigenvalue weighted by Gasteiger charge is 2.82. The molecule has 0 saturated carbocycles. The summed E-state index contributed by atoms with van der Waals surface area (Å²) in [4.78, 5) is 45.3. The van der Waals surface area contributed by atoms with Crippen LogP contribution in [0.15, 0.2) is 121 Å². The number of thioether (sulfide) groups is 1. The Hall–Kier alpha value is -4.16. The van der Waals surface area contributed by atoms with E-state index in [1.54, 1.807) is 17.0 Å². The monoisotopic (exact) mass is 502 g/mol. The maximum Gasteiger partial charge on any atom is 0.250 e. The number of amides is 3. The number of fused-ring (bicyclic) bond motifs is 5. The summed E-state index contributed by atoms with van der Waals surface area (Å²) in [6.45, 7) is 0. The van der Waals surface area contributed by atoms with E-state index in [-0.39, 0.29) is 17.7 Å². The van der Waals surface area contributed by atoms with Gasteiger partial charge in [0.15, 0.2) is 0 Å². The summed E-state index contributed by atoms with van der Waals surface area (Å²) < 4.78 is -1.24. The minimum absolute atomic E-state index is 0.170. The van der Waals surface area contributed by atoms with E-state index in [9.17, 15) is 14.4 Å². The molecule has 4 atom stereocenters. The second-order valence-electron chi connectivity index (χ2n) is 9.55. The Morgan fingerprint density at radius 3 is 1.57 bits per heavy atom. The Labute approximate surface area is 218 Å². The van der Waals surface area contributed by atoms with Crippen LogP contribution in [-0.4, -0.2) is 17.7 Å². The summed E-state index contributed by atoms with van der Waals surface area (Å²) in [6.07, 6.45) is 0. The Kier molecular flexibility index (Phi) is 4.72. The van der Waals surface area contributed by atoms with Crippen molar-refractivity contribution in [3.8, 4) is 0 Å². The highest BCUT2D eigenvalue weighted by Crippen LogP contribution is 2.75. The van der Waals surface area contributed by atoms with Gasteiger partial charge in [-0.05, 0) is 35.4 Å². The number of piperidine rings is 1. The van der Waals surface area contributed by atoms with Crippen LogP contribution in [0, 0.1) is 11.8 Å². The molecule has 5 nitrogen and oxygen atoms in total. The summed E-state index contributed by atoms with van der Waals surface area (Å²) in [5.41, 5.74) is 2.81. The smallest absolute Gasteiger partial charge is 0.250 e. The third-order valence-corrected chi connectivity index (χ3v) is 9.72. The van der Waals surface area contributed by atoms with Crippen LogP contribution in [0.1, 0.15) is 11.1 Å². The van der Waals surface area contributed by atoms with Crippen LogP contribution >= 0.6 is 11.8 Å². The zero-order valence-electron chi connectivity index (χ0n) is 19.7. The predicted molar refractivity (Wildman–Crippen MR) is 144 cm³/mol. The largest absolute Gasteiger partial charge is 0.291 e. The molecule has 4 aromatic carbocycles. The van der Waals surface area contributed by atoms with Gasteiger partial charge in [0, 0.05) is 5.69 Å². The van der Waals surface area contributed by atoms with Gasteiger partial charge in [-0.25, -0.2) is 4.90 Å². The van der Waals surface area contributed by atoms with Crippen molar-refractivity contribution in [1.82, 2.24) is 0 Å². The van der Waals surface area contributed by atoms with Crippen molar-refractivity contribution in [2.75, 3.05) is 9.80 Å². The minimum atomic E-state index is -1.24. The summed E-state index contributed by atoms with van der Waals surface area (Å²) in [5.74, 6) is -2.36. The fourth-order valence-corrected chi connectivity index (χ4v) is 8.52. The molecule has 0 N–H and O–H groups in total. The molecular weight excluding hydrogens is 480 g/mol. The lowest BCUT2D eigenvalue weighted by Gasteiger charge is -2.43. The molecule has 0 unspecified atom stereocenters. The summed E-state index contributed by atoms with van der Waals surface area (Å²) >= 11 is 1.45. The number of anilines is 2. The van der Waals surface area contributed by atoms with Gasteiger partial charge in [0.1, 0.15) is 9.62 Å². The lowest BCUT2D eigenvalue weighted by atomic mass is 9.69. The molecule has 3 aliphatic rings. The number of hydrogen-bond donors (Lipinski definition) is 0. The van der Waals surface area contributed by atoms with Crippen LogP contribution in [0.5, 0.6) is 0 Å². The normalized spacial score (nSPS) is 28.2. The lowest BCUT2D eigenvalue weighted by molar-refractivity contribution is -0.132. The Bertz CT molecular complexity index is 1530. The fourth-order valence-electron chi connectivity index (χ4n) is 6.33. The quantitative estimate of drug-likeness (QED) is 0.354. The molecule has 0 radical (unpaired) electrons. The van der Waals surface area contributed by atoms with Crippen LogP contribution < -0.4 is 9.80 Å². The zero-order chi connectivity index (χ0) is 25.2. The number of carbonyl (C=O) groups is 3. The molecule has 180 valence electrons. The standard InChI is InChI=1S/C31H22N2O3S/c34-27-25-26(28(35)32(27)23-17-9-3-10-18-23)31(22-15-7-2-8-16-22)33(24-19-11-4-12-20-24)29(36)30(25,37-31)21-13-5-1-6-14-21/h1-20,25-26H/t25-,26+,30+,31-/m1/s1.